The number of benzene rings is 1. The minimum Gasteiger partial charge on any atom is -0.390 e. The molecule has 0 saturated carbocycles. The monoisotopic (exact) mass is 333 g/mol. The summed E-state index contributed by atoms with van der Waals surface area (Å²) >= 11 is 0. The zero-order valence-corrected chi connectivity index (χ0v) is 14.3. The van der Waals surface area contributed by atoms with Gasteiger partial charge in [0, 0.05) is 35.6 Å². The summed E-state index contributed by atoms with van der Waals surface area (Å²) in [5, 5.41) is 8.80. The van der Waals surface area contributed by atoms with Crippen molar-refractivity contribution in [2.45, 2.75) is 32.9 Å². The Balaban J connectivity index is 1.49. The summed E-state index contributed by atoms with van der Waals surface area (Å²) in [7, 11) is 0. The third kappa shape index (κ3) is 3.28. The predicted octanol–water partition coefficient (Wildman–Crippen LogP) is 3.15. The summed E-state index contributed by atoms with van der Waals surface area (Å²) in [6.07, 6.45) is 5.94. The molecule has 0 fully saturated rings. The van der Waals surface area contributed by atoms with Crippen LogP contribution in [0.5, 0.6) is 0 Å². The molecule has 0 aliphatic carbocycles. The molecule has 6 nitrogen and oxygen atoms in total. The summed E-state index contributed by atoms with van der Waals surface area (Å²) in [5.41, 5.74) is 6.25. The van der Waals surface area contributed by atoms with Gasteiger partial charge in [-0.15, -0.1) is 0 Å². The number of rotatable bonds is 4. The van der Waals surface area contributed by atoms with Crippen molar-refractivity contribution in [3.8, 4) is 11.1 Å². The van der Waals surface area contributed by atoms with Crippen LogP contribution in [0.15, 0.2) is 54.2 Å². The lowest BCUT2D eigenvalue weighted by atomic mass is 10.0. The molecule has 1 unspecified atom stereocenters. The zero-order chi connectivity index (χ0) is 17.2. The van der Waals surface area contributed by atoms with Crippen molar-refractivity contribution < 1.29 is 4.84 Å². The van der Waals surface area contributed by atoms with Crippen LogP contribution in [0, 0.1) is 13.8 Å². The molecule has 0 spiro atoms. The quantitative estimate of drug-likeness (QED) is 0.736. The fourth-order valence-corrected chi connectivity index (χ4v) is 3.08. The van der Waals surface area contributed by atoms with E-state index in [1.54, 1.807) is 0 Å². The van der Waals surface area contributed by atoms with Crippen molar-refractivity contribution in [3.05, 3.63) is 66.0 Å². The summed E-state index contributed by atoms with van der Waals surface area (Å²) < 4.78 is 1.98. The molecule has 1 aliphatic heterocycles. The molecule has 3 heterocycles. The molecule has 0 bridgehead atoms. The van der Waals surface area contributed by atoms with E-state index in [2.05, 4.69) is 45.3 Å². The lowest BCUT2D eigenvalue weighted by Crippen LogP contribution is -2.18. The van der Waals surface area contributed by atoms with Gasteiger partial charge in [-0.2, -0.15) is 5.10 Å². The first-order chi connectivity index (χ1) is 12.2. The second-order valence-corrected chi connectivity index (χ2v) is 6.29. The SMILES string of the molecule is Cc1cc(C)n(CC2CC(c3cccc(-c4cncnc4)c3)=NO2)n1. The van der Waals surface area contributed by atoms with E-state index in [1.807, 2.05) is 36.1 Å². The highest BCUT2D eigenvalue weighted by atomic mass is 16.6. The number of hydrogen-bond acceptors (Lipinski definition) is 5. The van der Waals surface area contributed by atoms with Crippen molar-refractivity contribution in [2.24, 2.45) is 5.16 Å². The van der Waals surface area contributed by atoms with Crippen LogP contribution >= 0.6 is 0 Å². The van der Waals surface area contributed by atoms with E-state index in [1.165, 1.54) is 6.33 Å². The molecule has 0 saturated heterocycles. The van der Waals surface area contributed by atoms with Gasteiger partial charge in [-0.25, -0.2) is 9.97 Å². The first-order valence-electron chi connectivity index (χ1n) is 8.28. The summed E-state index contributed by atoms with van der Waals surface area (Å²) in [6, 6.07) is 10.3. The van der Waals surface area contributed by atoms with Crippen LogP contribution in [-0.4, -0.2) is 31.6 Å². The van der Waals surface area contributed by atoms with Gasteiger partial charge in [0.15, 0.2) is 6.10 Å². The zero-order valence-electron chi connectivity index (χ0n) is 14.3. The van der Waals surface area contributed by atoms with Crippen molar-refractivity contribution >= 4 is 5.71 Å². The maximum absolute atomic E-state index is 5.64. The van der Waals surface area contributed by atoms with Crippen LogP contribution in [0.3, 0.4) is 0 Å². The highest BCUT2D eigenvalue weighted by Gasteiger charge is 2.23. The fourth-order valence-electron chi connectivity index (χ4n) is 3.08. The Morgan fingerprint density at radius 1 is 1.08 bits per heavy atom. The van der Waals surface area contributed by atoms with Crippen LogP contribution in [0.1, 0.15) is 23.4 Å². The second kappa shape index (κ2) is 6.47. The topological polar surface area (TPSA) is 65.2 Å². The Hall–Kier alpha value is -3.02. The molecule has 1 atom stereocenters. The van der Waals surface area contributed by atoms with Crippen molar-refractivity contribution in [1.82, 2.24) is 19.7 Å². The second-order valence-electron chi connectivity index (χ2n) is 6.29. The number of hydrogen-bond donors (Lipinski definition) is 0. The molecule has 0 radical (unpaired) electrons. The Labute approximate surface area is 146 Å². The number of nitrogens with zero attached hydrogens (tertiary/aromatic N) is 5. The molecular weight excluding hydrogens is 314 g/mol. The minimum absolute atomic E-state index is 0.0108. The fraction of sp³-hybridized carbons (Fsp3) is 0.263. The molecule has 3 aromatic rings. The summed E-state index contributed by atoms with van der Waals surface area (Å²) in [4.78, 5) is 13.8. The van der Waals surface area contributed by atoms with Gasteiger partial charge in [0.1, 0.15) is 6.33 Å². The third-order valence-electron chi connectivity index (χ3n) is 4.30. The molecule has 126 valence electrons. The van der Waals surface area contributed by atoms with Gasteiger partial charge in [0.05, 0.1) is 18.0 Å². The van der Waals surface area contributed by atoms with E-state index in [0.717, 1.165) is 40.2 Å². The molecule has 4 rings (SSSR count). The molecule has 1 aromatic carbocycles. The molecule has 0 amide bonds. The number of oxime groups is 1. The van der Waals surface area contributed by atoms with Crippen LogP contribution in [0.25, 0.3) is 11.1 Å². The van der Waals surface area contributed by atoms with Crippen LogP contribution in [0.4, 0.5) is 0 Å². The Bertz CT molecular complexity index is 917. The summed E-state index contributed by atoms with van der Waals surface area (Å²) in [5.74, 6) is 0. The van der Waals surface area contributed by atoms with E-state index < -0.39 is 0 Å². The first-order valence-corrected chi connectivity index (χ1v) is 8.28. The highest BCUT2D eigenvalue weighted by Crippen LogP contribution is 2.23. The molecule has 1 aliphatic rings. The lowest BCUT2D eigenvalue weighted by Gasteiger charge is -2.10. The van der Waals surface area contributed by atoms with E-state index in [9.17, 15) is 0 Å². The Morgan fingerprint density at radius 3 is 2.64 bits per heavy atom. The van der Waals surface area contributed by atoms with Gasteiger partial charge in [-0.1, -0.05) is 23.4 Å². The Morgan fingerprint density at radius 2 is 1.88 bits per heavy atom. The van der Waals surface area contributed by atoms with Crippen molar-refractivity contribution in [2.75, 3.05) is 0 Å². The van der Waals surface area contributed by atoms with Crippen LogP contribution in [0.2, 0.25) is 0 Å². The highest BCUT2D eigenvalue weighted by molar-refractivity contribution is 6.02. The number of aromatic nitrogens is 4. The third-order valence-corrected chi connectivity index (χ3v) is 4.30. The Kier molecular flexibility index (Phi) is 4.01. The summed E-state index contributed by atoms with van der Waals surface area (Å²) in [6.45, 7) is 4.76. The van der Waals surface area contributed by atoms with Crippen molar-refractivity contribution in [1.29, 1.82) is 0 Å². The lowest BCUT2D eigenvalue weighted by molar-refractivity contribution is 0.0692. The predicted molar refractivity (Wildman–Crippen MR) is 95.2 cm³/mol. The van der Waals surface area contributed by atoms with E-state index in [0.29, 0.717) is 6.54 Å². The van der Waals surface area contributed by atoms with E-state index in [4.69, 9.17) is 4.84 Å². The maximum Gasteiger partial charge on any atom is 0.152 e. The average Bonchev–Trinajstić information content (AvgIpc) is 3.22. The standard InChI is InChI=1S/C19H19N5O/c1-13-6-14(2)24(22-13)11-18-8-19(23-25-18)16-5-3-4-15(7-16)17-9-20-12-21-10-17/h3-7,9-10,12,18H,8,11H2,1-2H3. The molecule has 25 heavy (non-hydrogen) atoms. The van der Waals surface area contributed by atoms with Crippen molar-refractivity contribution in [3.63, 3.8) is 0 Å². The van der Waals surface area contributed by atoms with Crippen LogP contribution < -0.4 is 0 Å². The largest absolute Gasteiger partial charge is 0.390 e. The molecular formula is C19H19N5O. The smallest absolute Gasteiger partial charge is 0.152 e. The van der Waals surface area contributed by atoms with E-state index in [-0.39, 0.29) is 6.10 Å². The minimum atomic E-state index is 0.0108. The van der Waals surface area contributed by atoms with Gasteiger partial charge < -0.3 is 4.84 Å². The van der Waals surface area contributed by atoms with Crippen LogP contribution in [-0.2, 0) is 11.4 Å². The van der Waals surface area contributed by atoms with Gasteiger partial charge in [-0.3, -0.25) is 4.68 Å². The number of aryl methyl sites for hydroxylation is 2. The van der Waals surface area contributed by atoms with Gasteiger partial charge in [-0.05, 0) is 31.5 Å². The molecule has 0 N–H and O–H groups in total. The van der Waals surface area contributed by atoms with Gasteiger partial charge in [0.25, 0.3) is 0 Å². The van der Waals surface area contributed by atoms with Gasteiger partial charge in [0.2, 0.25) is 0 Å². The molecule has 2 aromatic heterocycles. The maximum atomic E-state index is 5.64. The normalized spacial score (nSPS) is 16.6. The molecule has 6 heteroatoms. The van der Waals surface area contributed by atoms with Gasteiger partial charge >= 0.3 is 0 Å². The van der Waals surface area contributed by atoms with E-state index >= 15 is 0 Å². The first kappa shape index (κ1) is 15.5. The average molecular weight is 333 g/mol.